The van der Waals surface area contributed by atoms with Crippen LogP contribution in [-0.2, 0) is 29.1 Å². The summed E-state index contributed by atoms with van der Waals surface area (Å²) in [5.41, 5.74) is 7.74. The Labute approximate surface area is 314 Å². The van der Waals surface area contributed by atoms with Gasteiger partial charge in [0.05, 0.1) is 23.5 Å². The number of rotatable bonds is 10. The molecule has 2 saturated heterocycles. The fourth-order valence-corrected chi connectivity index (χ4v) is 7.94. The van der Waals surface area contributed by atoms with Crippen molar-refractivity contribution in [3.63, 3.8) is 0 Å². The van der Waals surface area contributed by atoms with Crippen LogP contribution >= 0.6 is 11.6 Å². The molecule has 6 heterocycles. The summed E-state index contributed by atoms with van der Waals surface area (Å²) < 4.78 is 5.64. The summed E-state index contributed by atoms with van der Waals surface area (Å²) in [6.45, 7) is 8.11. The van der Waals surface area contributed by atoms with Crippen LogP contribution in [0.25, 0.3) is 22.5 Å². The van der Waals surface area contributed by atoms with Gasteiger partial charge in [-0.1, -0.05) is 29.8 Å². The Morgan fingerprint density at radius 2 is 1.85 bits per heavy atom. The third kappa shape index (κ3) is 8.04. The van der Waals surface area contributed by atoms with E-state index >= 15 is 0 Å². The van der Waals surface area contributed by atoms with Crippen molar-refractivity contribution in [3.05, 3.63) is 87.8 Å². The Kier molecular flexibility index (Phi) is 11.0. The fraction of sp³-hybridized carbons (Fsp3) is 0.400. The molecule has 2 fully saturated rings. The van der Waals surface area contributed by atoms with Crippen LogP contribution in [0.2, 0.25) is 5.02 Å². The predicted molar refractivity (Wildman–Crippen MR) is 204 cm³/mol. The number of carbonyl (C=O) groups is 3. The quantitative estimate of drug-likeness (QED) is 0.201. The molecule has 0 unspecified atom stereocenters. The van der Waals surface area contributed by atoms with E-state index in [9.17, 15) is 14.4 Å². The van der Waals surface area contributed by atoms with Gasteiger partial charge in [0.1, 0.15) is 5.69 Å². The number of nitrogens with zero attached hydrogens (tertiary/aromatic N) is 5. The van der Waals surface area contributed by atoms with E-state index in [1.165, 1.54) is 0 Å². The van der Waals surface area contributed by atoms with Crippen molar-refractivity contribution in [1.82, 2.24) is 35.4 Å². The number of piperidine rings is 1. The lowest BCUT2D eigenvalue weighted by atomic mass is 9.96. The van der Waals surface area contributed by atoms with E-state index in [2.05, 4.69) is 30.8 Å². The monoisotopic (exact) mass is 736 g/mol. The summed E-state index contributed by atoms with van der Waals surface area (Å²) in [5, 5.41) is 9.87. The number of fused-ring (bicyclic) bond motifs is 1. The van der Waals surface area contributed by atoms with Crippen molar-refractivity contribution in [3.8, 4) is 28.4 Å². The summed E-state index contributed by atoms with van der Waals surface area (Å²) in [5.74, 6) is 0.449. The molecule has 0 saturated carbocycles. The van der Waals surface area contributed by atoms with Crippen molar-refractivity contribution in [2.24, 2.45) is 0 Å². The van der Waals surface area contributed by atoms with Crippen LogP contribution in [-0.4, -0.2) is 87.8 Å². The molecule has 3 N–H and O–H groups in total. The molecule has 53 heavy (non-hydrogen) atoms. The zero-order chi connectivity index (χ0) is 37.1. The first kappa shape index (κ1) is 36.4. The summed E-state index contributed by atoms with van der Waals surface area (Å²) in [6, 6.07) is 13.9. The minimum atomic E-state index is -0.279. The second kappa shape index (κ2) is 16.0. The molecule has 276 valence electrons. The van der Waals surface area contributed by atoms with Crippen LogP contribution in [0.3, 0.4) is 0 Å². The van der Waals surface area contributed by atoms with Gasteiger partial charge >= 0.3 is 0 Å². The van der Waals surface area contributed by atoms with Gasteiger partial charge in [-0.05, 0) is 73.6 Å². The molecule has 7 rings (SSSR count). The molecular weight excluding hydrogens is 692 g/mol. The lowest BCUT2D eigenvalue weighted by Gasteiger charge is -2.40. The number of hydrogen-bond donors (Lipinski definition) is 3. The molecule has 3 aromatic heterocycles. The molecule has 0 radical (unpaired) electrons. The number of pyridine rings is 3. The Morgan fingerprint density at radius 1 is 1.02 bits per heavy atom. The van der Waals surface area contributed by atoms with Crippen molar-refractivity contribution >= 4 is 35.0 Å². The highest BCUT2D eigenvalue weighted by Crippen LogP contribution is 2.38. The van der Waals surface area contributed by atoms with Crippen molar-refractivity contribution in [1.29, 1.82) is 0 Å². The Bertz CT molecular complexity index is 2030. The second-order valence-corrected chi connectivity index (χ2v) is 14.4. The highest BCUT2D eigenvalue weighted by atomic mass is 35.5. The van der Waals surface area contributed by atoms with E-state index in [0.717, 1.165) is 79.7 Å². The number of likely N-dealkylation sites (tertiary alicyclic amines) is 1. The summed E-state index contributed by atoms with van der Waals surface area (Å²) in [7, 11) is 1.59. The summed E-state index contributed by atoms with van der Waals surface area (Å²) in [4.78, 5) is 55.2. The maximum absolute atomic E-state index is 13.5. The molecular formula is C40H45ClN8O4. The van der Waals surface area contributed by atoms with Crippen LogP contribution < -0.4 is 20.7 Å². The smallest absolute Gasteiger partial charge is 0.274 e. The molecule has 1 aromatic carbocycles. The maximum Gasteiger partial charge on any atom is 0.274 e. The highest BCUT2D eigenvalue weighted by molar-refractivity contribution is 6.35. The average Bonchev–Trinajstić information content (AvgIpc) is 3.60. The van der Waals surface area contributed by atoms with E-state index in [1.54, 1.807) is 20.2 Å². The third-order valence-electron chi connectivity index (χ3n) is 10.7. The predicted octanol–water partition coefficient (Wildman–Crippen LogP) is 5.17. The van der Waals surface area contributed by atoms with Crippen molar-refractivity contribution in [2.75, 3.05) is 38.6 Å². The van der Waals surface area contributed by atoms with Crippen LogP contribution in [0.5, 0.6) is 5.88 Å². The van der Waals surface area contributed by atoms with Crippen LogP contribution in [0.1, 0.15) is 65.3 Å². The first-order valence-electron chi connectivity index (χ1n) is 18.3. The topological polar surface area (TPSA) is 142 Å². The summed E-state index contributed by atoms with van der Waals surface area (Å²) >= 11 is 7.05. The van der Waals surface area contributed by atoms with E-state index in [-0.39, 0.29) is 23.8 Å². The third-order valence-corrected chi connectivity index (χ3v) is 11.1. The van der Waals surface area contributed by atoms with Crippen LogP contribution in [0.15, 0.2) is 54.9 Å². The first-order chi connectivity index (χ1) is 25.7. The van der Waals surface area contributed by atoms with Gasteiger partial charge in [0.2, 0.25) is 17.7 Å². The molecule has 13 heteroatoms. The number of halogens is 1. The maximum atomic E-state index is 13.5. The van der Waals surface area contributed by atoms with Gasteiger partial charge in [0.15, 0.2) is 0 Å². The minimum Gasteiger partial charge on any atom is -0.481 e. The molecule has 0 bridgehead atoms. The standard InChI is InChI=1S/C40H45ClN8O4/c1-24-31(38-37(41)32(11-15-43-38)34-9-7-27(40(47-34)53-3)20-42-22-29-8-10-36(51)45-29)5-4-6-33(24)46-39(52)35-19-26-12-16-49(23-28(26)21-44-35)30-13-17-48(18-14-30)25(2)50/h4-7,9,11,15,19,21,29-30,42H,8,10,12-14,16-18,20,22-23H2,1-3H3,(H,45,51)(H,46,52)/t29-/m0/s1. The van der Waals surface area contributed by atoms with Crippen LogP contribution in [0, 0.1) is 6.92 Å². The molecule has 12 nitrogen and oxygen atoms in total. The lowest BCUT2D eigenvalue weighted by molar-refractivity contribution is -0.130. The first-order valence-corrected chi connectivity index (χ1v) is 18.6. The number of carbonyl (C=O) groups excluding carboxylic acids is 3. The largest absolute Gasteiger partial charge is 0.481 e. The van der Waals surface area contributed by atoms with Gasteiger partial charge in [-0.25, -0.2) is 4.98 Å². The number of nitrogens with one attached hydrogen (secondary N) is 3. The van der Waals surface area contributed by atoms with Gasteiger partial charge in [-0.3, -0.25) is 29.3 Å². The Hall–Kier alpha value is -4.91. The van der Waals surface area contributed by atoms with Gasteiger partial charge in [0, 0.05) is 99.5 Å². The molecule has 0 aliphatic carbocycles. The second-order valence-electron chi connectivity index (χ2n) is 14.0. The minimum absolute atomic E-state index is 0.0940. The lowest BCUT2D eigenvalue weighted by Crippen LogP contribution is -2.47. The molecule has 3 amide bonds. The zero-order valence-corrected chi connectivity index (χ0v) is 31.1. The van der Waals surface area contributed by atoms with Gasteiger partial charge < -0.3 is 25.6 Å². The molecule has 3 aliphatic rings. The number of methoxy groups -OCH3 is 1. The molecule has 0 spiro atoms. The normalized spacial score (nSPS) is 17.7. The number of benzene rings is 1. The summed E-state index contributed by atoms with van der Waals surface area (Å²) in [6.07, 6.45) is 7.74. The number of ether oxygens (including phenoxy) is 1. The Morgan fingerprint density at radius 3 is 2.60 bits per heavy atom. The van der Waals surface area contributed by atoms with Gasteiger partial charge in [0.25, 0.3) is 5.91 Å². The molecule has 3 aliphatic heterocycles. The number of aromatic nitrogens is 3. The molecule has 4 aromatic rings. The van der Waals surface area contributed by atoms with Crippen molar-refractivity contribution in [2.45, 2.75) is 71.1 Å². The SMILES string of the molecule is COc1nc(-c2ccnc(-c3cccc(NC(=O)c4cc5c(cn4)CN(C4CCN(C(C)=O)CC4)CC5)c3C)c2Cl)ccc1CNC[C@@H]1CCC(=O)N1. The van der Waals surface area contributed by atoms with Crippen molar-refractivity contribution < 1.29 is 19.1 Å². The van der Waals surface area contributed by atoms with Gasteiger partial charge in [-0.15, -0.1) is 0 Å². The number of hydrogen-bond acceptors (Lipinski definition) is 9. The van der Waals surface area contributed by atoms with E-state index in [1.807, 2.05) is 60.5 Å². The van der Waals surface area contributed by atoms with Gasteiger partial charge in [-0.2, -0.15) is 0 Å². The number of amides is 3. The number of anilines is 1. The van der Waals surface area contributed by atoms with Crippen LogP contribution in [0.4, 0.5) is 5.69 Å². The van der Waals surface area contributed by atoms with E-state index in [4.69, 9.17) is 21.3 Å². The molecule has 1 atom stereocenters. The highest BCUT2D eigenvalue weighted by Gasteiger charge is 2.29. The van der Waals surface area contributed by atoms with E-state index < -0.39 is 0 Å². The average molecular weight is 737 g/mol. The Balaban J connectivity index is 1.03. The fourth-order valence-electron chi connectivity index (χ4n) is 7.63. The zero-order valence-electron chi connectivity index (χ0n) is 30.4. The van der Waals surface area contributed by atoms with E-state index in [0.29, 0.717) is 64.8 Å².